The topological polar surface area (TPSA) is 6.48 Å². The fraction of sp³-hybridized carbons (Fsp3) is 0.0566. The van der Waals surface area contributed by atoms with Crippen LogP contribution < -0.4 is 9.80 Å². The molecular formula is C53H40N2. The molecule has 2 heteroatoms. The SMILES string of the molecule is CC1(C)c2ccccc2N(c2c(-c3ccccc3)ccc3ccccc23)c2cccc(N(c3ccc(-c4ccccc4)cc3)c3cccc4ccccc34)c21. The Morgan fingerprint density at radius 1 is 0.400 bits per heavy atom. The zero-order chi connectivity index (χ0) is 36.9. The number of para-hydroxylation sites is 1. The van der Waals surface area contributed by atoms with Gasteiger partial charge in [0.2, 0.25) is 0 Å². The largest absolute Gasteiger partial charge is 0.309 e. The molecule has 2 nitrogen and oxygen atoms in total. The summed E-state index contributed by atoms with van der Waals surface area (Å²) < 4.78 is 0. The van der Waals surface area contributed by atoms with Crippen molar-refractivity contribution < 1.29 is 0 Å². The summed E-state index contributed by atoms with van der Waals surface area (Å²) in [6.45, 7) is 4.79. The minimum Gasteiger partial charge on any atom is -0.309 e. The summed E-state index contributed by atoms with van der Waals surface area (Å²) in [6.07, 6.45) is 0. The van der Waals surface area contributed by atoms with Crippen LogP contribution in [-0.2, 0) is 5.41 Å². The number of nitrogens with zero attached hydrogens (tertiary/aromatic N) is 2. The third-order valence-corrected chi connectivity index (χ3v) is 11.4. The molecule has 0 radical (unpaired) electrons. The molecule has 0 aromatic heterocycles. The van der Waals surface area contributed by atoms with Crippen molar-refractivity contribution in [2.24, 2.45) is 0 Å². The molecule has 10 rings (SSSR count). The van der Waals surface area contributed by atoms with Crippen molar-refractivity contribution in [2.45, 2.75) is 19.3 Å². The molecule has 262 valence electrons. The van der Waals surface area contributed by atoms with Crippen LogP contribution in [0, 0.1) is 0 Å². The lowest BCUT2D eigenvalue weighted by atomic mass is 9.72. The third-order valence-electron chi connectivity index (χ3n) is 11.4. The fourth-order valence-corrected chi connectivity index (χ4v) is 8.84. The van der Waals surface area contributed by atoms with Crippen molar-refractivity contribution in [2.75, 3.05) is 9.80 Å². The fourth-order valence-electron chi connectivity index (χ4n) is 8.84. The normalized spacial score (nSPS) is 13.0. The number of benzene rings is 9. The van der Waals surface area contributed by atoms with Gasteiger partial charge in [0.1, 0.15) is 0 Å². The molecule has 0 saturated carbocycles. The van der Waals surface area contributed by atoms with Gasteiger partial charge in [0.25, 0.3) is 0 Å². The minimum absolute atomic E-state index is 0.344. The lowest BCUT2D eigenvalue weighted by molar-refractivity contribution is 0.632. The van der Waals surface area contributed by atoms with Crippen molar-refractivity contribution in [3.63, 3.8) is 0 Å². The highest BCUT2D eigenvalue weighted by Crippen LogP contribution is 2.58. The Hall–Kier alpha value is -6.90. The molecule has 0 spiro atoms. The molecule has 55 heavy (non-hydrogen) atoms. The van der Waals surface area contributed by atoms with Crippen LogP contribution in [-0.4, -0.2) is 0 Å². The molecule has 1 heterocycles. The molecule has 9 aromatic carbocycles. The van der Waals surface area contributed by atoms with Gasteiger partial charge < -0.3 is 9.80 Å². The quantitative estimate of drug-likeness (QED) is 0.170. The Labute approximate surface area is 323 Å². The zero-order valence-electron chi connectivity index (χ0n) is 31.0. The summed E-state index contributed by atoms with van der Waals surface area (Å²) in [7, 11) is 0. The van der Waals surface area contributed by atoms with Crippen molar-refractivity contribution in [3.05, 3.63) is 217 Å². The van der Waals surface area contributed by atoms with Crippen LogP contribution in [0.2, 0.25) is 0 Å². The van der Waals surface area contributed by atoms with Gasteiger partial charge in [0, 0.05) is 33.0 Å². The number of hydrogen-bond acceptors (Lipinski definition) is 2. The van der Waals surface area contributed by atoms with E-state index in [9.17, 15) is 0 Å². The number of rotatable bonds is 6. The average molecular weight is 705 g/mol. The Bertz CT molecular complexity index is 2830. The molecule has 0 aliphatic carbocycles. The second-order valence-electron chi connectivity index (χ2n) is 14.9. The Kier molecular flexibility index (Phi) is 7.85. The van der Waals surface area contributed by atoms with Gasteiger partial charge in [0.15, 0.2) is 0 Å². The number of hydrogen-bond donors (Lipinski definition) is 0. The monoisotopic (exact) mass is 704 g/mol. The Balaban J connectivity index is 1.28. The molecule has 0 atom stereocenters. The van der Waals surface area contributed by atoms with Crippen LogP contribution in [0.15, 0.2) is 206 Å². The van der Waals surface area contributed by atoms with Crippen LogP contribution in [0.25, 0.3) is 43.8 Å². The van der Waals surface area contributed by atoms with Crippen LogP contribution >= 0.6 is 0 Å². The van der Waals surface area contributed by atoms with E-state index < -0.39 is 0 Å². The van der Waals surface area contributed by atoms with Crippen LogP contribution in [0.4, 0.5) is 34.1 Å². The summed E-state index contributed by atoms with van der Waals surface area (Å²) in [5.74, 6) is 0. The van der Waals surface area contributed by atoms with Gasteiger partial charge in [-0.3, -0.25) is 0 Å². The van der Waals surface area contributed by atoms with Crippen molar-refractivity contribution >= 4 is 55.7 Å². The molecule has 0 unspecified atom stereocenters. The van der Waals surface area contributed by atoms with Gasteiger partial charge in [-0.2, -0.15) is 0 Å². The first kappa shape index (κ1) is 32.7. The molecule has 0 saturated heterocycles. The van der Waals surface area contributed by atoms with Gasteiger partial charge in [-0.25, -0.2) is 0 Å². The maximum Gasteiger partial charge on any atom is 0.0618 e. The van der Waals surface area contributed by atoms with E-state index in [4.69, 9.17) is 0 Å². The highest BCUT2D eigenvalue weighted by molar-refractivity contribution is 6.08. The molecule has 0 fully saturated rings. The maximum absolute atomic E-state index is 2.55. The molecule has 1 aliphatic rings. The van der Waals surface area contributed by atoms with Gasteiger partial charge in [-0.05, 0) is 69.4 Å². The first-order chi connectivity index (χ1) is 27.1. The second kappa shape index (κ2) is 13.2. The summed E-state index contributed by atoms with van der Waals surface area (Å²) in [5.41, 5.74) is 14.0. The Morgan fingerprint density at radius 3 is 1.71 bits per heavy atom. The summed E-state index contributed by atoms with van der Waals surface area (Å²) in [4.78, 5) is 5.04. The maximum atomic E-state index is 2.55. The van der Waals surface area contributed by atoms with Crippen molar-refractivity contribution in [1.29, 1.82) is 0 Å². The molecule has 0 amide bonds. The van der Waals surface area contributed by atoms with Crippen molar-refractivity contribution in [1.82, 2.24) is 0 Å². The van der Waals surface area contributed by atoms with E-state index in [0.717, 1.165) is 17.1 Å². The molecule has 0 bridgehead atoms. The molecule has 9 aromatic rings. The Morgan fingerprint density at radius 2 is 0.945 bits per heavy atom. The van der Waals surface area contributed by atoms with Crippen LogP contribution in [0.3, 0.4) is 0 Å². The zero-order valence-corrected chi connectivity index (χ0v) is 31.0. The molecular weight excluding hydrogens is 665 g/mol. The summed E-state index contributed by atoms with van der Waals surface area (Å²) >= 11 is 0. The first-order valence-corrected chi connectivity index (χ1v) is 19.1. The third kappa shape index (κ3) is 5.41. The molecule has 1 aliphatic heterocycles. The second-order valence-corrected chi connectivity index (χ2v) is 14.9. The minimum atomic E-state index is -0.344. The smallest absolute Gasteiger partial charge is 0.0618 e. The summed E-state index contributed by atoms with van der Waals surface area (Å²) in [6, 6.07) is 75.2. The summed E-state index contributed by atoms with van der Waals surface area (Å²) in [5, 5.41) is 4.86. The van der Waals surface area contributed by atoms with Gasteiger partial charge in [-0.1, -0.05) is 184 Å². The lowest BCUT2D eigenvalue weighted by Crippen LogP contribution is -2.32. The predicted octanol–water partition coefficient (Wildman–Crippen LogP) is 14.9. The van der Waals surface area contributed by atoms with Gasteiger partial charge in [0.05, 0.1) is 28.4 Å². The van der Waals surface area contributed by atoms with E-state index in [-0.39, 0.29) is 5.41 Å². The molecule has 0 N–H and O–H groups in total. The van der Waals surface area contributed by atoms with Crippen LogP contribution in [0.5, 0.6) is 0 Å². The van der Waals surface area contributed by atoms with E-state index in [1.54, 1.807) is 0 Å². The first-order valence-electron chi connectivity index (χ1n) is 19.1. The number of anilines is 6. The number of fused-ring (bicyclic) bond motifs is 4. The van der Waals surface area contributed by atoms with Gasteiger partial charge >= 0.3 is 0 Å². The van der Waals surface area contributed by atoms with Crippen molar-refractivity contribution in [3.8, 4) is 22.3 Å². The van der Waals surface area contributed by atoms with E-state index in [1.807, 2.05) is 0 Å². The predicted molar refractivity (Wildman–Crippen MR) is 234 cm³/mol. The van der Waals surface area contributed by atoms with E-state index in [1.165, 1.54) is 72.0 Å². The average Bonchev–Trinajstić information content (AvgIpc) is 3.25. The van der Waals surface area contributed by atoms with Gasteiger partial charge in [-0.15, -0.1) is 0 Å². The highest BCUT2D eigenvalue weighted by atomic mass is 15.2. The van der Waals surface area contributed by atoms with Crippen LogP contribution in [0.1, 0.15) is 25.0 Å². The highest BCUT2D eigenvalue weighted by Gasteiger charge is 2.41. The standard InChI is InChI=1S/C53H40N2/c1-53(2)46-26-13-14-27-48(46)55(52-44-25-12-10-22-41(44)33-36-45(52)40-19-7-4-8-20-40)50-30-16-29-49(51(50)53)54(47-28-15-23-39-21-9-11-24-43(39)47)42-34-31-38(32-35-42)37-17-5-3-6-18-37/h3-36H,1-2H3. The van der Waals surface area contributed by atoms with E-state index >= 15 is 0 Å². The van der Waals surface area contributed by atoms with E-state index in [2.05, 4.69) is 230 Å². The lowest BCUT2D eigenvalue weighted by Gasteiger charge is -2.45. The van der Waals surface area contributed by atoms with E-state index in [0.29, 0.717) is 0 Å².